The molecule has 0 bridgehead atoms. The zero-order valence-electron chi connectivity index (χ0n) is 17.7. The van der Waals surface area contributed by atoms with Crippen molar-refractivity contribution in [1.82, 2.24) is 9.55 Å². The number of aromatic nitrogens is 2. The summed E-state index contributed by atoms with van der Waals surface area (Å²) in [6.07, 6.45) is 0.721. The summed E-state index contributed by atoms with van der Waals surface area (Å²) < 4.78 is 25.4. The molecule has 178 valence electrons. The quantitative estimate of drug-likeness (QED) is 0.235. The third-order valence-electron chi connectivity index (χ3n) is 4.68. The van der Waals surface area contributed by atoms with E-state index >= 15 is 0 Å². The van der Waals surface area contributed by atoms with E-state index in [1.165, 1.54) is 10.8 Å². The van der Waals surface area contributed by atoms with Crippen molar-refractivity contribution < 1.29 is 18.3 Å². The van der Waals surface area contributed by atoms with Crippen molar-refractivity contribution in [2.75, 3.05) is 6.61 Å². The summed E-state index contributed by atoms with van der Waals surface area (Å²) in [7, 11) is 0. The van der Waals surface area contributed by atoms with Crippen LogP contribution in [0.4, 0.5) is 0 Å². The molecule has 12 heteroatoms. The molecule has 1 aliphatic heterocycles. The van der Waals surface area contributed by atoms with Crippen molar-refractivity contribution in [3.63, 3.8) is 0 Å². The Morgan fingerprint density at radius 1 is 1.00 bits per heavy atom. The Morgan fingerprint density at radius 3 is 2.12 bits per heavy atom. The molecular formula is C22H19Cl2N2O6PSe. The van der Waals surface area contributed by atoms with Gasteiger partial charge >= 0.3 is 213 Å². The molecule has 8 nitrogen and oxygen atoms in total. The number of hydrogen-bond acceptors (Lipinski definition) is 6. The average molecular weight is 588 g/mol. The van der Waals surface area contributed by atoms with E-state index in [9.17, 15) is 9.59 Å². The minimum atomic E-state index is -3.05. The molecule has 2 atom stereocenters. The Kier molecular flexibility index (Phi) is 7.85. The van der Waals surface area contributed by atoms with Crippen molar-refractivity contribution in [2.24, 2.45) is 0 Å². The SMILES string of the molecule is Cc1cn([C@H]2C=C[C@@H](COP(=[Se])(Oc3ccc(Cl)cc3)Oc3ccc(Cl)cc3)O2)c(=O)[nH]c1=O. The molecule has 4 rings (SSSR count). The fraction of sp³-hybridized carbons (Fsp3) is 0.182. The Bertz CT molecular complexity index is 1310. The van der Waals surface area contributed by atoms with Gasteiger partial charge in [0.2, 0.25) is 0 Å². The standard InChI is InChI=1S/C22H19Cl2N2O6PSe/c1-14-12-26(22(28)25-21(14)27)20-11-10-19(30-20)13-29-33(34,31-17-6-2-15(23)3-7-17)32-18-8-4-16(24)5-9-18/h2-12,19-20H,13H2,1H3,(H,25,27,28)/t19-,20+/m0/s1. The van der Waals surface area contributed by atoms with Gasteiger partial charge in [-0.3, -0.25) is 0 Å². The summed E-state index contributed by atoms with van der Waals surface area (Å²) in [5.41, 5.74) is -0.593. The number of nitrogens with one attached hydrogen (secondary N) is 1. The molecule has 2 aromatic carbocycles. The second-order valence-electron chi connectivity index (χ2n) is 7.26. The second kappa shape index (κ2) is 10.7. The maximum atomic E-state index is 12.2. The van der Waals surface area contributed by atoms with Gasteiger partial charge in [0.15, 0.2) is 0 Å². The topological polar surface area (TPSA) is 91.8 Å². The average Bonchev–Trinajstić information content (AvgIpc) is 3.27. The number of benzene rings is 2. The Hall–Kier alpha value is -2.09. The van der Waals surface area contributed by atoms with Crippen molar-refractivity contribution >= 4 is 44.5 Å². The summed E-state index contributed by atoms with van der Waals surface area (Å²) in [5.74, 6) is 1.00. The monoisotopic (exact) mass is 588 g/mol. The van der Waals surface area contributed by atoms with E-state index in [-0.39, 0.29) is 6.61 Å². The molecule has 1 aromatic heterocycles. The number of aromatic amines is 1. The van der Waals surface area contributed by atoms with Crippen LogP contribution in [0.5, 0.6) is 11.5 Å². The van der Waals surface area contributed by atoms with Gasteiger partial charge in [-0.15, -0.1) is 0 Å². The van der Waals surface area contributed by atoms with Crippen molar-refractivity contribution in [2.45, 2.75) is 19.3 Å². The minimum absolute atomic E-state index is 0.0754. The van der Waals surface area contributed by atoms with Crippen molar-refractivity contribution in [1.29, 1.82) is 0 Å². The molecule has 0 unspecified atom stereocenters. The normalized spacial score (nSPS) is 17.6. The second-order valence-corrected chi connectivity index (χ2v) is 12.5. The van der Waals surface area contributed by atoms with E-state index in [1.54, 1.807) is 67.6 Å². The molecule has 0 saturated carbocycles. The molecule has 0 saturated heterocycles. The van der Waals surface area contributed by atoms with Gasteiger partial charge in [-0.1, -0.05) is 0 Å². The van der Waals surface area contributed by atoms with Gasteiger partial charge in [0, 0.05) is 0 Å². The number of H-pyrrole nitrogens is 1. The van der Waals surface area contributed by atoms with Gasteiger partial charge in [-0.25, -0.2) is 0 Å². The summed E-state index contributed by atoms with van der Waals surface area (Å²) in [6, 6.07) is 13.6. The number of halogens is 2. The van der Waals surface area contributed by atoms with Crippen LogP contribution < -0.4 is 20.3 Å². The number of rotatable bonds is 8. The van der Waals surface area contributed by atoms with E-state index in [0.717, 1.165) is 0 Å². The fourth-order valence-electron chi connectivity index (χ4n) is 3.00. The molecule has 1 N–H and O–H groups in total. The van der Waals surface area contributed by atoms with Gasteiger partial charge in [0.25, 0.3) is 0 Å². The predicted molar refractivity (Wildman–Crippen MR) is 132 cm³/mol. The van der Waals surface area contributed by atoms with Crippen LogP contribution in [0.3, 0.4) is 0 Å². The number of aryl methyl sites for hydroxylation is 1. The van der Waals surface area contributed by atoms with E-state index < -0.39 is 29.8 Å². The van der Waals surface area contributed by atoms with Crippen molar-refractivity contribution in [3.8, 4) is 11.5 Å². The summed E-state index contributed by atoms with van der Waals surface area (Å²) in [6.45, 7) is 1.69. The van der Waals surface area contributed by atoms with Gasteiger partial charge in [-0.2, -0.15) is 0 Å². The molecule has 0 radical (unpaired) electrons. The Morgan fingerprint density at radius 2 is 1.56 bits per heavy atom. The van der Waals surface area contributed by atoms with Crippen LogP contribution >= 0.6 is 29.4 Å². The first-order chi connectivity index (χ1) is 16.2. The number of hydrogen-bond donors (Lipinski definition) is 1. The van der Waals surface area contributed by atoms with Crippen LogP contribution in [-0.4, -0.2) is 37.4 Å². The van der Waals surface area contributed by atoms with Crippen molar-refractivity contribution in [3.05, 3.63) is 103 Å². The fourth-order valence-corrected chi connectivity index (χ4v) is 5.95. The zero-order chi connectivity index (χ0) is 24.3. The summed E-state index contributed by atoms with van der Waals surface area (Å²) in [4.78, 5) is 26.1. The molecule has 2 heterocycles. The van der Waals surface area contributed by atoms with Gasteiger partial charge in [0.05, 0.1) is 0 Å². The van der Waals surface area contributed by atoms with Crippen LogP contribution in [0.15, 0.2) is 76.5 Å². The van der Waals surface area contributed by atoms with Gasteiger partial charge in [0.1, 0.15) is 0 Å². The summed E-state index contributed by atoms with van der Waals surface area (Å²) in [5, 5.41) is 1.14. The van der Waals surface area contributed by atoms with Crippen LogP contribution in [0.2, 0.25) is 10.0 Å². The van der Waals surface area contributed by atoms with Gasteiger partial charge < -0.3 is 0 Å². The maximum absolute atomic E-state index is 12.2. The molecule has 0 spiro atoms. The summed E-state index contributed by atoms with van der Waals surface area (Å²) >= 11 is 14.9. The third kappa shape index (κ3) is 6.32. The molecule has 1 aliphatic rings. The first-order valence-corrected chi connectivity index (χ1v) is 14.5. The zero-order valence-corrected chi connectivity index (χ0v) is 21.8. The first kappa shape index (κ1) is 25.0. The van der Waals surface area contributed by atoms with E-state index in [4.69, 9.17) is 41.5 Å². The Labute approximate surface area is 212 Å². The molecule has 34 heavy (non-hydrogen) atoms. The van der Waals surface area contributed by atoms with Gasteiger partial charge in [-0.05, 0) is 0 Å². The number of nitrogens with zero attached hydrogens (tertiary/aromatic N) is 1. The van der Waals surface area contributed by atoms with Crippen LogP contribution in [-0.2, 0) is 9.26 Å². The van der Waals surface area contributed by atoms with E-state index in [2.05, 4.69) is 20.1 Å². The van der Waals surface area contributed by atoms with Crippen LogP contribution in [0, 0.1) is 6.92 Å². The molecule has 3 aromatic rings. The first-order valence-electron chi connectivity index (χ1n) is 10.0. The predicted octanol–water partition coefficient (Wildman–Crippen LogP) is 4.63. The molecular weight excluding hydrogens is 569 g/mol. The molecule has 0 aliphatic carbocycles. The third-order valence-corrected chi connectivity index (χ3v) is 8.12. The molecule has 0 fully saturated rings. The van der Waals surface area contributed by atoms with E-state index in [0.29, 0.717) is 27.1 Å². The molecule has 0 amide bonds. The van der Waals surface area contributed by atoms with Crippen LogP contribution in [0.1, 0.15) is 11.8 Å². The Balaban J connectivity index is 1.47. The number of ether oxygens (including phenoxy) is 1. The van der Waals surface area contributed by atoms with E-state index in [1.807, 2.05) is 0 Å². The van der Waals surface area contributed by atoms with Crippen LogP contribution in [0.25, 0.3) is 0 Å².